The van der Waals surface area contributed by atoms with Crippen molar-refractivity contribution in [1.29, 1.82) is 0 Å². The third kappa shape index (κ3) is 16.5. The first kappa shape index (κ1) is 17.2. The fraction of sp³-hybridized carbons (Fsp3) is 0.111. The largest absolute Gasteiger partial charge is 1.00 e. The fourth-order valence-electron chi connectivity index (χ4n) is 0.781. The molecule has 0 saturated heterocycles. The second-order valence-electron chi connectivity index (χ2n) is 2.43. The molecule has 0 fully saturated rings. The number of allylic oxidation sites excluding steroid dienone is 1. The van der Waals surface area contributed by atoms with Crippen molar-refractivity contribution >= 4 is 10.4 Å². The maximum atomic E-state index is 8.74. The van der Waals surface area contributed by atoms with Gasteiger partial charge in [0.25, 0.3) is 0 Å². The molecule has 1 aromatic carbocycles. The molecule has 0 heterocycles. The molecule has 0 aliphatic heterocycles. The van der Waals surface area contributed by atoms with Crippen LogP contribution in [-0.4, -0.2) is 17.5 Å². The molecule has 0 aliphatic carbocycles. The van der Waals surface area contributed by atoms with Gasteiger partial charge in [-0.15, -0.1) is 6.58 Å². The number of hydrogen-bond donors (Lipinski definition) is 2. The molecule has 0 bridgehead atoms. The van der Waals surface area contributed by atoms with E-state index in [1.54, 1.807) is 0 Å². The Hall–Kier alpha value is -0.170. The Kier molecular flexibility index (Phi) is 10.4. The van der Waals surface area contributed by atoms with Gasteiger partial charge >= 0.3 is 40.0 Å². The maximum Gasteiger partial charge on any atom is 1.00 e. The van der Waals surface area contributed by atoms with Gasteiger partial charge in [-0.3, -0.25) is 9.11 Å². The molecule has 0 saturated carbocycles. The van der Waals surface area contributed by atoms with Crippen molar-refractivity contribution in [2.75, 3.05) is 0 Å². The first-order valence-electron chi connectivity index (χ1n) is 3.78. The Bertz CT molecular complexity index is 358. The number of rotatable bonds is 2. The van der Waals surface area contributed by atoms with E-state index in [-0.39, 0.29) is 31.0 Å². The van der Waals surface area contributed by atoms with Crippen LogP contribution in [0.1, 0.15) is 6.99 Å². The van der Waals surface area contributed by atoms with E-state index in [0.29, 0.717) is 0 Å². The molecule has 0 spiro atoms. The number of hydrogen-bond acceptors (Lipinski definition) is 2. The Morgan fingerprint density at radius 2 is 1.67 bits per heavy atom. The van der Waals surface area contributed by atoms with Gasteiger partial charge in [0.15, 0.2) is 0 Å². The standard InChI is InChI=1S/C9H10.Na.H2O4S.H/c1-2-6-9-7-4-3-5-8-9;;1-5(2,3)4;/h2-5,7-8H,1,6H2;;(H2,1,2,3,4);/q;+1;;-1. The van der Waals surface area contributed by atoms with Crippen molar-refractivity contribution in [2.24, 2.45) is 0 Å². The van der Waals surface area contributed by atoms with Crippen LogP contribution >= 0.6 is 0 Å². The summed E-state index contributed by atoms with van der Waals surface area (Å²) in [5.74, 6) is 0. The second kappa shape index (κ2) is 9.08. The van der Waals surface area contributed by atoms with E-state index in [1.165, 1.54) is 5.56 Å². The third-order valence-electron chi connectivity index (χ3n) is 1.22. The molecule has 0 unspecified atom stereocenters. The van der Waals surface area contributed by atoms with E-state index in [9.17, 15) is 0 Å². The van der Waals surface area contributed by atoms with E-state index in [2.05, 4.69) is 18.7 Å². The Labute approximate surface area is 113 Å². The van der Waals surface area contributed by atoms with Crippen LogP contribution in [0.5, 0.6) is 0 Å². The molecule has 1 rings (SSSR count). The normalized spacial score (nSPS) is 9.20. The third-order valence-corrected chi connectivity index (χ3v) is 1.22. The maximum absolute atomic E-state index is 8.74. The summed E-state index contributed by atoms with van der Waals surface area (Å²) >= 11 is 0. The molecular formula is C9H13NaO4S. The van der Waals surface area contributed by atoms with Crippen molar-refractivity contribution in [2.45, 2.75) is 6.42 Å². The predicted molar refractivity (Wildman–Crippen MR) is 55.6 cm³/mol. The van der Waals surface area contributed by atoms with E-state index in [1.807, 2.05) is 24.3 Å². The van der Waals surface area contributed by atoms with Crippen molar-refractivity contribution in [3.63, 3.8) is 0 Å². The van der Waals surface area contributed by atoms with Crippen molar-refractivity contribution in [3.8, 4) is 0 Å². The summed E-state index contributed by atoms with van der Waals surface area (Å²) in [4.78, 5) is 0. The van der Waals surface area contributed by atoms with E-state index >= 15 is 0 Å². The molecule has 0 radical (unpaired) electrons. The minimum atomic E-state index is -4.67. The molecular weight excluding hydrogens is 227 g/mol. The van der Waals surface area contributed by atoms with Crippen LogP contribution in [0, 0.1) is 0 Å². The minimum absolute atomic E-state index is 0. The van der Waals surface area contributed by atoms with Crippen LogP contribution in [-0.2, 0) is 16.8 Å². The average molecular weight is 240 g/mol. The molecule has 0 amide bonds. The van der Waals surface area contributed by atoms with Gasteiger partial charge < -0.3 is 1.43 Å². The molecule has 2 N–H and O–H groups in total. The summed E-state index contributed by atoms with van der Waals surface area (Å²) in [7, 11) is -4.67. The van der Waals surface area contributed by atoms with Crippen molar-refractivity contribution in [3.05, 3.63) is 48.6 Å². The van der Waals surface area contributed by atoms with Crippen LogP contribution in [0.3, 0.4) is 0 Å². The summed E-state index contributed by atoms with van der Waals surface area (Å²) in [6.07, 6.45) is 2.89. The fourth-order valence-corrected chi connectivity index (χ4v) is 0.781. The van der Waals surface area contributed by atoms with Crippen molar-refractivity contribution in [1.82, 2.24) is 0 Å². The minimum Gasteiger partial charge on any atom is -1.00 e. The quantitative estimate of drug-likeness (QED) is 0.390. The molecule has 80 valence electrons. The van der Waals surface area contributed by atoms with E-state index in [0.717, 1.165) is 6.42 Å². The smallest absolute Gasteiger partial charge is 1.00 e. The molecule has 0 atom stereocenters. The monoisotopic (exact) mass is 240 g/mol. The Morgan fingerprint density at radius 3 is 2.00 bits per heavy atom. The first-order valence-corrected chi connectivity index (χ1v) is 5.18. The van der Waals surface area contributed by atoms with Crippen LogP contribution in [0.25, 0.3) is 0 Å². The zero-order valence-electron chi connectivity index (χ0n) is 9.50. The van der Waals surface area contributed by atoms with Gasteiger partial charge in [0.2, 0.25) is 0 Å². The second-order valence-corrected chi connectivity index (χ2v) is 3.32. The average Bonchev–Trinajstić information content (AvgIpc) is 2.03. The van der Waals surface area contributed by atoms with Gasteiger partial charge in [0.05, 0.1) is 0 Å². The van der Waals surface area contributed by atoms with Crippen molar-refractivity contribution < 1.29 is 48.5 Å². The summed E-state index contributed by atoms with van der Waals surface area (Å²) < 4.78 is 31.6. The van der Waals surface area contributed by atoms with Crippen LogP contribution in [0.15, 0.2) is 43.0 Å². The van der Waals surface area contributed by atoms with Crippen LogP contribution in [0.4, 0.5) is 0 Å². The van der Waals surface area contributed by atoms with E-state index in [4.69, 9.17) is 17.5 Å². The number of benzene rings is 1. The Balaban J connectivity index is -0.000000214. The summed E-state index contributed by atoms with van der Waals surface area (Å²) in [6.45, 7) is 3.66. The first-order chi connectivity index (χ1) is 6.43. The predicted octanol–water partition coefficient (Wildman–Crippen LogP) is -1.12. The zero-order valence-corrected chi connectivity index (χ0v) is 11.3. The molecule has 0 aliphatic rings. The summed E-state index contributed by atoms with van der Waals surface area (Å²) in [5.41, 5.74) is 1.33. The zero-order chi connectivity index (χ0) is 11.0. The Morgan fingerprint density at radius 1 is 1.27 bits per heavy atom. The van der Waals surface area contributed by atoms with Gasteiger partial charge in [-0.1, -0.05) is 36.4 Å². The van der Waals surface area contributed by atoms with Crippen LogP contribution < -0.4 is 29.6 Å². The van der Waals surface area contributed by atoms with E-state index < -0.39 is 10.4 Å². The molecule has 15 heavy (non-hydrogen) atoms. The van der Waals surface area contributed by atoms with Gasteiger partial charge in [-0.2, -0.15) is 8.42 Å². The SMILES string of the molecule is C=CCc1ccccc1.O=S(=O)(O)O.[H-].[Na+]. The summed E-state index contributed by atoms with van der Waals surface area (Å²) in [6, 6.07) is 10.3. The summed E-state index contributed by atoms with van der Waals surface area (Å²) in [5, 5.41) is 0. The van der Waals surface area contributed by atoms with Crippen LogP contribution in [0.2, 0.25) is 0 Å². The van der Waals surface area contributed by atoms with Gasteiger partial charge in [0, 0.05) is 0 Å². The molecule has 0 aromatic heterocycles. The molecule has 4 nitrogen and oxygen atoms in total. The topological polar surface area (TPSA) is 74.6 Å². The van der Waals surface area contributed by atoms with Gasteiger partial charge in [-0.25, -0.2) is 0 Å². The van der Waals surface area contributed by atoms with Gasteiger partial charge in [0.1, 0.15) is 0 Å². The van der Waals surface area contributed by atoms with Gasteiger partial charge in [-0.05, 0) is 12.0 Å². The molecule has 6 heteroatoms. The molecule has 1 aromatic rings.